The van der Waals surface area contributed by atoms with Crippen molar-refractivity contribution in [3.05, 3.63) is 82.9 Å². The fourth-order valence-electron chi connectivity index (χ4n) is 3.31. The molecule has 0 saturated carbocycles. The van der Waals surface area contributed by atoms with Crippen molar-refractivity contribution in [3.8, 4) is 0 Å². The lowest BCUT2D eigenvalue weighted by atomic mass is 9.87. The van der Waals surface area contributed by atoms with Crippen LogP contribution in [0.15, 0.2) is 66.2 Å². The first-order valence-electron chi connectivity index (χ1n) is 9.40. The molecular weight excluding hydrogens is 370 g/mol. The molecule has 0 bridgehead atoms. The van der Waals surface area contributed by atoms with Gasteiger partial charge in [-0.15, -0.1) is 0 Å². The van der Waals surface area contributed by atoms with Gasteiger partial charge >= 0.3 is 5.97 Å². The van der Waals surface area contributed by atoms with Gasteiger partial charge in [0.25, 0.3) is 0 Å². The largest absolute Gasteiger partial charge is 0.480 e. The summed E-state index contributed by atoms with van der Waals surface area (Å²) in [6.07, 6.45) is 2.22. The van der Waals surface area contributed by atoms with Gasteiger partial charge in [-0.2, -0.15) is 0 Å². The minimum absolute atomic E-state index is 0.0685. The first-order chi connectivity index (χ1) is 14.0. The smallest absolute Gasteiger partial charge is 0.326 e. The summed E-state index contributed by atoms with van der Waals surface area (Å²) in [5, 5.41) is 11.9. The lowest BCUT2D eigenvalue weighted by Crippen LogP contribution is -2.42. The van der Waals surface area contributed by atoms with Crippen LogP contribution in [-0.4, -0.2) is 34.6 Å². The molecule has 1 atom stereocenters. The summed E-state index contributed by atoms with van der Waals surface area (Å²) >= 11 is 0. The number of ketones is 2. The van der Waals surface area contributed by atoms with E-state index in [0.29, 0.717) is 23.1 Å². The second-order valence-corrected chi connectivity index (χ2v) is 6.91. The summed E-state index contributed by atoms with van der Waals surface area (Å²) in [7, 11) is 0. The van der Waals surface area contributed by atoms with Crippen molar-refractivity contribution in [1.29, 1.82) is 0 Å². The predicted molar refractivity (Wildman–Crippen MR) is 107 cm³/mol. The van der Waals surface area contributed by atoms with Crippen molar-refractivity contribution in [2.75, 3.05) is 0 Å². The number of benzene rings is 2. The van der Waals surface area contributed by atoms with E-state index in [4.69, 9.17) is 0 Å². The Hall–Kier alpha value is -3.54. The first kappa shape index (κ1) is 20.2. The minimum Gasteiger partial charge on any atom is -0.480 e. The average Bonchev–Trinajstić information content (AvgIpc) is 2.72. The second kappa shape index (κ2) is 9.10. The molecule has 0 heterocycles. The molecule has 148 valence electrons. The van der Waals surface area contributed by atoms with E-state index < -0.39 is 17.9 Å². The monoisotopic (exact) mass is 391 g/mol. The number of hydrogen-bond donors (Lipinski definition) is 2. The van der Waals surface area contributed by atoms with Crippen LogP contribution in [0, 0.1) is 0 Å². The summed E-state index contributed by atoms with van der Waals surface area (Å²) < 4.78 is 0. The molecule has 6 heteroatoms. The zero-order valence-corrected chi connectivity index (χ0v) is 15.8. The maximum Gasteiger partial charge on any atom is 0.326 e. The molecule has 0 fully saturated rings. The van der Waals surface area contributed by atoms with Gasteiger partial charge in [0.1, 0.15) is 6.04 Å². The van der Waals surface area contributed by atoms with Crippen LogP contribution in [0.2, 0.25) is 0 Å². The maximum atomic E-state index is 12.5. The van der Waals surface area contributed by atoms with Gasteiger partial charge in [-0.25, -0.2) is 4.79 Å². The van der Waals surface area contributed by atoms with E-state index in [1.54, 1.807) is 36.4 Å². The summed E-state index contributed by atoms with van der Waals surface area (Å²) in [6, 6.07) is 14.7. The van der Waals surface area contributed by atoms with Gasteiger partial charge in [-0.1, -0.05) is 54.6 Å². The van der Waals surface area contributed by atoms with Crippen LogP contribution in [0.1, 0.15) is 45.5 Å². The molecule has 0 unspecified atom stereocenters. The highest BCUT2D eigenvalue weighted by Gasteiger charge is 2.25. The molecule has 2 aromatic rings. The van der Waals surface area contributed by atoms with Crippen molar-refractivity contribution in [3.63, 3.8) is 0 Å². The summed E-state index contributed by atoms with van der Waals surface area (Å²) in [5.41, 5.74) is 1.97. The highest BCUT2D eigenvalue weighted by atomic mass is 16.4. The minimum atomic E-state index is -1.10. The van der Waals surface area contributed by atoms with Crippen LogP contribution in [0.3, 0.4) is 0 Å². The van der Waals surface area contributed by atoms with Crippen molar-refractivity contribution in [2.24, 2.45) is 0 Å². The van der Waals surface area contributed by atoms with Gasteiger partial charge in [0.05, 0.1) is 0 Å². The molecule has 0 aliphatic heterocycles. The fraction of sp³-hybridized carbons (Fsp3) is 0.217. The Morgan fingerprint density at radius 3 is 2.28 bits per heavy atom. The van der Waals surface area contributed by atoms with E-state index >= 15 is 0 Å². The third-order valence-electron chi connectivity index (χ3n) is 4.80. The standard InChI is InChI=1S/C23H21NO5/c25-20-14-16(22(27)18-11-5-4-10-17(18)20)9-6-12-21(26)24-19(23(28)29)13-15-7-2-1-3-8-15/h1-5,7-8,10-11,14,19H,6,9,12-13H2,(H,24,26)(H,28,29)/t19-/m0/s1. The molecule has 6 nitrogen and oxygen atoms in total. The zero-order valence-electron chi connectivity index (χ0n) is 15.8. The normalized spacial score (nSPS) is 14.0. The number of Topliss-reactive ketones (excluding diaryl/α,β-unsaturated/α-hetero) is 1. The third-order valence-corrected chi connectivity index (χ3v) is 4.80. The Morgan fingerprint density at radius 2 is 1.59 bits per heavy atom. The number of fused-ring (bicyclic) bond motifs is 1. The Kier molecular flexibility index (Phi) is 6.34. The van der Waals surface area contributed by atoms with E-state index in [9.17, 15) is 24.3 Å². The van der Waals surface area contributed by atoms with E-state index in [1.807, 2.05) is 18.2 Å². The summed E-state index contributed by atoms with van der Waals surface area (Å²) in [4.78, 5) is 48.3. The number of allylic oxidation sites excluding steroid dienone is 2. The van der Waals surface area contributed by atoms with Crippen LogP contribution in [0.5, 0.6) is 0 Å². The Bertz CT molecular complexity index is 978. The number of carboxylic acids is 1. The Balaban J connectivity index is 1.53. The molecule has 2 aromatic carbocycles. The molecule has 1 aliphatic carbocycles. The third kappa shape index (κ3) is 5.04. The van der Waals surface area contributed by atoms with Crippen molar-refractivity contribution in [2.45, 2.75) is 31.7 Å². The average molecular weight is 391 g/mol. The molecule has 0 spiro atoms. The molecule has 1 amide bonds. The van der Waals surface area contributed by atoms with Crippen LogP contribution in [0.25, 0.3) is 0 Å². The van der Waals surface area contributed by atoms with Crippen LogP contribution in [-0.2, 0) is 16.0 Å². The number of carboxylic acid groups (broad SMARTS) is 1. The molecule has 29 heavy (non-hydrogen) atoms. The number of aliphatic carboxylic acids is 1. The van der Waals surface area contributed by atoms with Gasteiger partial charge in [0, 0.05) is 29.5 Å². The van der Waals surface area contributed by atoms with Gasteiger partial charge < -0.3 is 10.4 Å². The van der Waals surface area contributed by atoms with Crippen molar-refractivity contribution in [1.82, 2.24) is 5.32 Å². The zero-order chi connectivity index (χ0) is 20.8. The lowest BCUT2D eigenvalue weighted by molar-refractivity contribution is -0.141. The highest BCUT2D eigenvalue weighted by Crippen LogP contribution is 2.24. The van der Waals surface area contributed by atoms with E-state index in [1.165, 1.54) is 6.08 Å². The number of nitrogens with one attached hydrogen (secondary N) is 1. The number of carbonyl (C=O) groups is 4. The van der Waals surface area contributed by atoms with Crippen LogP contribution in [0.4, 0.5) is 0 Å². The van der Waals surface area contributed by atoms with E-state index in [0.717, 1.165) is 5.56 Å². The van der Waals surface area contributed by atoms with E-state index in [-0.39, 0.29) is 30.8 Å². The summed E-state index contributed by atoms with van der Waals surface area (Å²) in [5.74, 6) is -1.92. The van der Waals surface area contributed by atoms with Crippen LogP contribution < -0.4 is 5.32 Å². The number of rotatable bonds is 8. The lowest BCUT2D eigenvalue weighted by Gasteiger charge is -2.16. The molecule has 0 saturated heterocycles. The number of carbonyl (C=O) groups excluding carboxylic acids is 3. The van der Waals surface area contributed by atoms with Gasteiger partial charge in [0.2, 0.25) is 5.91 Å². The van der Waals surface area contributed by atoms with Crippen molar-refractivity contribution >= 4 is 23.4 Å². The second-order valence-electron chi connectivity index (χ2n) is 6.91. The van der Waals surface area contributed by atoms with Gasteiger partial charge in [-0.05, 0) is 24.5 Å². The Morgan fingerprint density at radius 1 is 0.931 bits per heavy atom. The quantitative estimate of drug-likeness (QED) is 0.721. The highest BCUT2D eigenvalue weighted by molar-refractivity contribution is 6.24. The SMILES string of the molecule is O=C(CCCC1=CC(=O)c2ccccc2C1=O)N[C@@H](Cc1ccccc1)C(=O)O. The Labute approximate surface area is 168 Å². The first-order valence-corrected chi connectivity index (χ1v) is 9.40. The number of hydrogen-bond acceptors (Lipinski definition) is 4. The molecule has 0 radical (unpaired) electrons. The van der Waals surface area contributed by atoms with Gasteiger partial charge in [0.15, 0.2) is 11.6 Å². The van der Waals surface area contributed by atoms with Crippen LogP contribution >= 0.6 is 0 Å². The summed E-state index contributed by atoms with van der Waals surface area (Å²) in [6.45, 7) is 0. The van der Waals surface area contributed by atoms with Crippen molar-refractivity contribution < 1.29 is 24.3 Å². The fourth-order valence-corrected chi connectivity index (χ4v) is 3.31. The topological polar surface area (TPSA) is 101 Å². The molecule has 0 aromatic heterocycles. The van der Waals surface area contributed by atoms with E-state index in [2.05, 4.69) is 5.32 Å². The molecule has 1 aliphatic rings. The number of amides is 1. The predicted octanol–water partition coefficient (Wildman–Crippen LogP) is 2.97. The molecule has 2 N–H and O–H groups in total. The maximum absolute atomic E-state index is 12.5. The molecular formula is C23H21NO5. The van der Waals surface area contributed by atoms with Gasteiger partial charge in [-0.3, -0.25) is 14.4 Å². The molecule has 3 rings (SSSR count).